The summed E-state index contributed by atoms with van der Waals surface area (Å²) in [5.74, 6) is -0.202. The molecule has 0 aliphatic rings. The highest BCUT2D eigenvalue weighted by atomic mass is 16.5. The Morgan fingerprint density at radius 1 is 1.15 bits per heavy atom. The summed E-state index contributed by atoms with van der Waals surface area (Å²) in [6.07, 6.45) is 0.356. The van der Waals surface area contributed by atoms with E-state index < -0.39 is 0 Å². The molecule has 4 heteroatoms. The summed E-state index contributed by atoms with van der Waals surface area (Å²) in [7, 11) is 1.41. The number of benzene rings is 2. The number of para-hydroxylation sites is 1. The van der Waals surface area contributed by atoms with Gasteiger partial charge < -0.3 is 15.0 Å². The standard InChI is InChI=1S/C16H16N2O2/c1-20-16(19)8-9-18-14-5-3-2-4-12(14)13-10-11(17)6-7-15(13)18/h2-7,10H,8-9,17H2,1H3. The molecule has 102 valence electrons. The molecule has 0 unspecified atom stereocenters. The van der Waals surface area contributed by atoms with Crippen LogP contribution in [-0.4, -0.2) is 17.6 Å². The number of fused-ring (bicyclic) bond motifs is 3. The van der Waals surface area contributed by atoms with Crippen LogP contribution in [0.25, 0.3) is 21.8 Å². The lowest BCUT2D eigenvalue weighted by Crippen LogP contribution is -2.06. The molecule has 4 nitrogen and oxygen atoms in total. The average Bonchev–Trinajstić information content (AvgIpc) is 2.78. The maximum Gasteiger partial charge on any atom is 0.307 e. The molecule has 0 amide bonds. The molecule has 0 fully saturated rings. The highest BCUT2D eigenvalue weighted by Gasteiger charge is 2.11. The van der Waals surface area contributed by atoms with Crippen LogP contribution >= 0.6 is 0 Å². The summed E-state index contributed by atoms with van der Waals surface area (Å²) >= 11 is 0. The van der Waals surface area contributed by atoms with Gasteiger partial charge >= 0.3 is 5.97 Å². The van der Waals surface area contributed by atoms with Gasteiger partial charge in [-0.1, -0.05) is 18.2 Å². The molecule has 0 aliphatic heterocycles. The smallest absolute Gasteiger partial charge is 0.307 e. The number of carbonyl (C=O) groups excluding carboxylic acids is 1. The van der Waals surface area contributed by atoms with Crippen molar-refractivity contribution >= 4 is 33.5 Å². The van der Waals surface area contributed by atoms with Crippen molar-refractivity contribution < 1.29 is 9.53 Å². The van der Waals surface area contributed by atoms with Gasteiger partial charge in [-0.05, 0) is 24.3 Å². The Morgan fingerprint density at radius 3 is 2.70 bits per heavy atom. The first-order valence-electron chi connectivity index (χ1n) is 6.54. The van der Waals surface area contributed by atoms with Crippen molar-refractivity contribution in [3.63, 3.8) is 0 Å². The normalized spacial score (nSPS) is 11.1. The highest BCUT2D eigenvalue weighted by molar-refractivity contribution is 6.09. The molecule has 3 aromatic rings. The molecule has 20 heavy (non-hydrogen) atoms. The van der Waals surface area contributed by atoms with Gasteiger partial charge in [-0.15, -0.1) is 0 Å². The zero-order valence-corrected chi connectivity index (χ0v) is 11.3. The largest absolute Gasteiger partial charge is 0.469 e. The lowest BCUT2D eigenvalue weighted by atomic mass is 10.1. The Labute approximate surface area is 116 Å². The molecule has 0 atom stereocenters. The summed E-state index contributed by atoms with van der Waals surface area (Å²) in [5.41, 5.74) is 8.82. The predicted octanol–water partition coefficient (Wildman–Crippen LogP) is 2.94. The molecule has 0 radical (unpaired) electrons. The fourth-order valence-corrected chi connectivity index (χ4v) is 2.62. The van der Waals surface area contributed by atoms with Crippen molar-refractivity contribution in [2.45, 2.75) is 13.0 Å². The topological polar surface area (TPSA) is 57.2 Å². The molecule has 0 saturated carbocycles. The number of nitrogen functional groups attached to an aromatic ring is 1. The number of nitrogens with two attached hydrogens (primary N) is 1. The quantitative estimate of drug-likeness (QED) is 0.587. The van der Waals surface area contributed by atoms with Gasteiger partial charge in [0.1, 0.15) is 0 Å². The number of anilines is 1. The van der Waals surface area contributed by atoms with Crippen LogP contribution < -0.4 is 5.73 Å². The third kappa shape index (κ3) is 1.99. The Hall–Kier alpha value is -2.49. The molecular formula is C16H16N2O2. The number of methoxy groups -OCH3 is 1. The molecule has 1 heterocycles. The number of rotatable bonds is 3. The number of aryl methyl sites for hydroxylation is 1. The second-order valence-electron chi connectivity index (χ2n) is 4.77. The maximum atomic E-state index is 11.4. The Morgan fingerprint density at radius 2 is 1.90 bits per heavy atom. The first-order chi connectivity index (χ1) is 9.70. The summed E-state index contributed by atoms with van der Waals surface area (Å²) in [6, 6.07) is 14.0. The Balaban J connectivity index is 2.19. The van der Waals surface area contributed by atoms with Gasteiger partial charge in [0.15, 0.2) is 0 Å². The van der Waals surface area contributed by atoms with E-state index in [-0.39, 0.29) is 5.97 Å². The monoisotopic (exact) mass is 268 g/mol. The fraction of sp³-hybridized carbons (Fsp3) is 0.188. The van der Waals surface area contributed by atoms with E-state index in [2.05, 4.69) is 16.7 Å². The van der Waals surface area contributed by atoms with E-state index in [0.29, 0.717) is 13.0 Å². The first kappa shape index (κ1) is 12.5. The third-order valence-electron chi connectivity index (χ3n) is 3.56. The van der Waals surface area contributed by atoms with Crippen LogP contribution in [0.2, 0.25) is 0 Å². The number of aromatic nitrogens is 1. The van der Waals surface area contributed by atoms with E-state index in [0.717, 1.165) is 27.5 Å². The molecule has 0 saturated heterocycles. The zero-order chi connectivity index (χ0) is 14.1. The number of hydrogen-bond acceptors (Lipinski definition) is 3. The van der Waals surface area contributed by atoms with E-state index in [1.807, 2.05) is 30.3 Å². The number of ether oxygens (including phenoxy) is 1. The lowest BCUT2D eigenvalue weighted by molar-refractivity contribution is -0.140. The molecule has 2 aromatic carbocycles. The van der Waals surface area contributed by atoms with Crippen molar-refractivity contribution in [1.82, 2.24) is 4.57 Å². The van der Waals surface area contributed by atoms with Crippen molar-refractivity contribution in [3.05, 3.63) is 42.5 Å². The van der Waals surface area contributed by atoms with Crippen LogP contribution in [0, 0.1) is 0 Å². The van der Waals surface area contributed by atoms with Crippen LogP contribution in [0.15, 0.2) is 42.5 Å². The second-order valence-corrected chi connectivity index (χ2v) is 4.77. The van der Waals surface area contributed by atoms with Crippen LogP contribution in [0.4, 0.5) is 5.69 Å². The van der Waals surface area contributed by atoms with Crippen LogP contribution in [0.5, 0.6) is 0 Å². The minimum atomic E-state index is -0.202. The highest BCUT2D eigenvalue weighted by Crippen LogP contribution is 2.30. The predicted molar refractivity (Wildman–Crippen MR) is 80.5 cm³/mol. The van der Waals surface area contributed by atoms with Crippen molar-refractivity contribution in [2.75, 3.05) is 12.8 Å². The molecule has 3 rings (SSSR count). The molecular weight excluding hydrogens is 252 g/mol. The van der Waals surface area contributed by atoms with Crippen molar-refractivity contribution in [1.29, 1.82) is 0 Å². The van der Waals surface area contributed by atoms with E-state index in [1.54, 1.807) is 0 Å². The summed E-state index contributed by atoms with van der Waals surface area (Å²) < 4.78 is 6.86. The Bertz CT molecular complexity index is 790. The van der Waals surface area contributed by atoms with Crippen molar-refractivity contribution in [2.24, 2.45) is 0 Å². The van der Waals surface area contributed by atoms with E-state index in [9.17, 15) is 4.79 Å². The first-order valence-corrected chi connectivity index (χ1v) is 6.54. The van der Waals surface area contributed by atoms with Gasteiger partial charge in [0.05, 0.1) is 13.5 Å². The van der Waals surface area contributed by atoms with Gasteiger partial charge in [0.25, 0.3) is 0 Å². The lowest BCUT2D eigenvalue weighted by Gasteiger charge is -2.06. The molecule has 2 N–H and O–H groups in total. The van der Waals surface area contributed by atoms with Gasteiger partial charge in [-0.3, -0.25) is 4.79 Å². The minimum Gasteiger partial charge on any atom is -0.469 e. The van der Waals surface area contributed by atoms with E-state index >= 15 is 0 Å². The fourth-order valence-electron chi connectivity index (χ4n) is 2.62. The Kier molecular flexibility index (Phi) is 3.06. The molecule has 0 aliphatic carbocycles. The SMILES string of the molecule is COC(=O)CCn1c2ccccc2c2cc(N)ccc21. The van der Waals surface area contributed by atoms with E-state index in [1.165, 1.54) is 7.11 Å². The average molecular weight is 268 g/mol. The molecule has 0 bridgehead atoms. The number of carbonyl (C=O) groups is 1. The van der Waals surface area contributed by atoms with Gasteiger partial charge in [-0.25, -0.2) is 0 Å². The maximum absolute atomic E-state index is 11.4. The zero-order valence-electron chi connectivity index (χ0n) is 11.3. The number of hydrogen-bond donors (Lipinski definition) is 1. The summed E-state index contributed by atoms with van der Waals surface area (Å²) in [4.78, 5) is 11.4. The van der Waals surface area contributed by atoms with E-state index in [4.69, 9.17) is 10.5 Å². The number of esters is 1. The van der Waals surface area contributed by atoms with Crippen LogP contribution in [-0.2, 0) is 16.1 Å². The van der Waals surface area contributed by atoms with Gasteiger partial charge in [0, 0.05) is 34.0 Å². The molecule has 0 spiro atoms. The van der Waals surface area contributed by atoms with Crippen LogP contribution in [0.1, 0.15) is 6.42 Å². The third-order valence-corrected chi connectivity index (χ3v) is 3.56. The van der Waals surface area contributed by atoms with Gasteiger partial charge in [0.2, 0.25) is 0 Å². The minimum absolute atomic E-state index is 0.202. The van der Waals surface area contributed by atoms with Gasteiger partial charge in [-0.2, -0.15) is 0 Å². The second kappa shape index (κ2) is 4.89. The number of nitrogens with zero attached hydrogens (tertiary/aromatic N) is 1. The van der Waals surface area contributed by atoms with Crippen molar-refractivity contribution in [3.8, 4) is 0 Å². The van der Waals surface area contributed by atoms with Crippen LogP contribution in [0.3, 0.4) is 0 Å². The summed E-state index contributed by atoms with van der Waals surface area (Å²) in [6.45, 7) is 0.598. The summed E-state index contributed by atoms with van der Waals surface area (Å²) in [5, 5.41) is 2.27. The molecule has 1 aromatic heterocycles.